The maximum absolute atomic E-state index is 12.9. The van der Waals surface area contributed by atoms with E-state index in [1.54, 1.807) is 24.3 Å². The summed E-state index contributed by atoms with van der Waals surface area (Å²) in [4.78, 5) is 33.6. The minimum Gasteiger partial charge on any atom is -0.336 e. The summed E-state index contributed by atoms with van der Waals surface area (Å²) in [5, 5.41) is 6.86. The Bertz CT molecular complexity index is 1110. The summed E-state index contributed by atoms with van der Waals surface area (Å²) < 4.78 is 0. The number of carbonyl (C=O) groups is 2. The molecule has 2 aromatic carbocycles. The Balaban J connectivity index is 1.15. The zero-order chi connectivity index (χ0) is 21.9. The van der Waals surface area contributed by atoms with Gasteiger partial charge in [-0.05, 0) is 48.7 Å². The van der Waals surface area contributed by atoms with Crippen LogP contribution >= 0.6 is 0 Å². The van der Waals surface area contributed by atoms with E-state index in [4.69, 9.17) is 0 Å². The highest BCUT2D eigenvalue weighted by Crippen LogP contribution is 2.20. The van der Waals surface area contributed by atoms with Crippen molar-refractivity contribution in [1.29, 1.82) is 0 Å². The van der Waals surface area contributed by atoms with Gasteiger partial charge in [0.25, 0.3) is 5.91 Å². The van der Waals surface area contributed by atoms with Crippen LogP contribution in [0, 0.1) is 0 Å². The smallest absolute Gasteiger partial charge is 0.319 e. The van der Waals surface area contributed by atoms with Gasteiger partial charge in [-0.3, -0.25) is 14.7 Å². The van der Waals surface area contributed by atoms with Crippen molar-refractivity contribution in [3.05, 3.63) is 71.9 Å². The largest absolute Gasteiger partial charge is 0.336 e. The first kappa shape index (κ1) is 20.5. The molecule has 7 nitrogen and oxygen atoms in total. The van der Waals surface area contributed by atoms with Gasteiger partial charge in [0.05, 0.1) is 5.52 Å². The number of carbonyl (C=O) groups excluding carboxylic acids is 2. The van der Waals surface area contributed by atoms with Gasteiger partial charge in [-0.25, -0.2) is 4.79 Å². The number of urea groups is 1. The number of piperazine rings is 1. The van der Waals surface area contributed by atoms with E-state index in [-0.39, 0.29) is 11.9 Å². The summed E-state index contributed by atoms with van der Waals surface area (Å²) in [6, 6.07) is 17.6. The van der Waals surface area contributed by atoms with Crippen LogP contribution in [0.3, 0.4) is 0 Å². The third kappa shape index (κ3) is 4.73. The number of benzene rings is 2. The van der Waals surface area contributed by atoms with Crippen LogP contribution in [-0.4, -0.2) is 58.9 Å². The topological polar surface area (TPSA) is 77.6 Å². The lowest BCUT2D eigenvalue weighted by Gasteiger charge is -2.35. The molecule has 0 atom stereocenters. The van der Waals surface area contributed by atoms with E-state index >= 15 is 0 Å². The molecule has 0 radical (unpaired) electrons. The Morgan fingerprint density at radius 3 is 2.44 bits per heavy atom. The van der Waals surface area contributed by atoms with Crippen LogP contribution in [0.5, 0.6) is 0 Å². The number of anilines is 1. The minimum absolute atomic E-state index is 0.0328. The van der Waals surface area contributed by atoms with Gasteiger partial charge < -0.3 is 15.5 Å². The van der Waals surface area contributed by atoms with Crippen molar-refractivity contribution in [3.8, 4) is 0 Å². The predicted molar refractivity (Wildman–Crippen MR) is 125 cm³/mol. The van der Waals surface area contributed by atoms with Gasteiger partial charge in [-0.1, -0.05) is 24.3 Å². The summed E-state index contributed by atoms with van der Waals surface area (Å²) >= 11 is 0. The standard InChI is InChI=1S/C25H27N5O2/c31-24(19-6-8-21(9-7-19)27-25(32)28-22-10-11-22)30-15-13-29(14-16-30)17-20-4-1-3-18-5-2-12-26-23(18)20/h1-9,12,22H,10-11,13-17H2,(H2,27,28,32). The lowest BCUT2D eigenvalue weighted by Crippen LogP contribution is -2.48. The summed E-state index contributed by atoms with van der Waals surface area (Å²) in [5.41, 5.74) is 3.60. The maximum Gasteiger partial charge on any atom is 0.319 e. The molecule has 1 aromatic heterocycles. The third-order valence-corrected chi connectivity index (χ3v) is 6.07. The van der Waals surface area contributed by atoms with Crippen LogP contribution in [0.1, 0.15) is 28.8 Å². The Hall–Kier alpha value is -3.45. The quantitative estimate of drug-likeness (QED) is 0.651. The van der Waals surface area contributed by atoms with Gasteiger partial charge >= 0.3 is 6.03 Å². The van der Waals surface area contributed by atoms with Crippen LogP contribution < -0.4 is 10.6 Å². The number of nitrogens with one attached hydrogen (secondary N) is 2. The molecule has 1 aliphatic carbocycles. The van der Waals surface area contributed by atoms with Gasteiger partial charge in [0, 0.05) is 61.6 Å². The van der Waals surface area contributed by atoms with E-state index in [0.29, 0.717) is 30.4 Å². The summed E-state index contributed by atoms with van der Waals surface area (Å²) in [5.74, 6) is 0.0328. The van der Waals surface area contributed by atoms with E-state index in [1.165, 1.54) is 5.56 Å². The Labute approximate surface area is 187 Å². The van der Waals surface area contributed by atoms with Crippen molar-refractivity contribution < 1.29 is 9.59 Å². The molecule has 3 amide bonds. The minimum atomic E-state index is -0.191. The third-order valence-electron chi connectivity index (χ3n) is 6.07. The highest BCUT2D eigenvalue weighted by molar-refractivity contribution is 5.95. The molecule has 1 saturated heterocycles. The van der Waals surface area contributed by atoms with Crippen molar-refractivity contribution in [2.75, 3.05) is 31.5 Å². The first-order chi connectivity index (χ1) is 15.7. The zero-order valence-corrected chi connectivity index (χ0v) is 18.0. The first-order valence-electron chi connectivity index (χ1n) is 11.2. The number of rotatable bonds is 5. The molecule has 164 valence electrons. The number of hydrogen-bond acceptors (Lipinski definition) is 4. The van der Waals surface area contributed by atoms with Gasteiger partial charge in [0.1, 0.15) is 0 Å². The highest BCUT2D eigenvalue weighted by Gasteiger charge is 2.24. The summed E-state index contributed by atoms with van der Waals surface area (Å²) in [6.07, 6.45) is 3.93. The van der Waals surface area contributed by atoms with Crippen molar-refractivity contribution in [2.45, 2.75) is 25.4 Å². The summed E-state index contributed by atoms with van der Waals surface area (Å²) in [6.45, 7) is 3.88. The van der Waals surface area contributed by atoms with Gasteiger partial charge in [0.2, 0.25) is 0 Å². The van der Waals surface area contributed by atoms with Crippen LogP contribution in [-0.2, 0) is 6.54 Å². The molecule has 2 aliphatic rings. The van der Waals surface area contributed by atoms with Crippen LogP contribution in [0.25, 0.3) is 10.9 Å². The molecule has 32 heavy (non-hydrogen) atoms. The predicted octanol–water partition coefficient (Wildman–Crippen LogP) is 3.48. The number of nitrogens with zero attached hydrogens (tertiary/aromatic N) is 3. The average Bonchev–Trinajstić information content (AvgIpc) is 3.64. The van der Waals surface area contributed by atoms with Gasteiger partial charge in [0.15, 0.2) is 0 Å². The van der Waals surface area contributed by atoms with E-state index in [1.807, 2.05) is 17.2 Å². The second-order valence-electron chi connectivity index (χ2n) is 8.51. The number of pyridine rings is 1. The number of para-hydroxylation sites is 1. The van der Waals surface area contributed by atoms with Crippen LogP contribution in [0.15, 0.2) is 60.8 Å². The number of fused-ring (bicyclic) bond motifs is 1. The molecule has 2 N–H and O–H groups in total. The number of aromatic nitrogens is 1. The molecule has 0 spiro atoms. The van der Waals surface area contributed by atoms with Crippen LogP contribution in [0.2, 0.25) is 0 Å². The lowest BCUT2D eigenvalue weighted by atomic mass is 10.1. The monoisotopic (exact) mass is 429 g/mol. The Kier molecular flexibility index (Phi) is 5.73. The highest BCUT2D eigenvalue weighted by atomic mass is 16.2. The van der Waals surface area contributed by atoms with Crippen molar-refractivity contribution in [3.63, 3.8) is 0 Å². The van der Waals surface area contributed by atoms with Gasteiger partial charge in [-0.2, -0.15) is 0 Å². The second-order valence-corrected chi connectivity index (χ2v) is 8.51. The average molecular weight is 430 g/mol. The van der Waals surface area contributed by atoms with Crippen molar-refractivity contribution in [1.82, 2.24) is 20.1 Å². The first-order valence-corrected chi connectivity index (χ1v) is 11.2. The fourth-order valence-corrected chi connectivity index (χ4v) is 4.10. The fourth-order valence-electron chi connectivity index (χ4n) is 4.10. The maximum atomic E-state index is 12.9. The lowest BCUT2D eigenvalue weighted by molar-refractivity contribution is 0.0629. The molecule has 7 heteroatoms. The van der Waals surface area contributed by atoms with Gasteiger partial charge in [-0.15, -0.1) is 0 Å². The molecule has 5 rings (SSSR count). The van der Waals surface area contributed by atoms with Crippen LogP contribution in [0.4, 0.5) is 10.5 Å². The Morgan fingerprint density at radius 2 is 1.69 bits per heavy atom. The molecule has 0 bridgehead atoms. The summed E-state index contributed by atoms with van der Waals surface area (Å²) in [7, 11) is 0. The molecule has 1 aliphatic heterocycles. The number of amides is 3. The van der Waals surface area contributed by atoms with Crippen molar-refractivity contribution >= 4 is 28.5 Å². The van der Waals surface area contributed by atoms with E-state index in [0.717, 1.165) is 43.4 Å². The SMILES string of the molecule is O=C(Nc1ccc(C(=O)N2CCN(Cc3cccc4cccnc34)CC2)cc1)NC1CC1. The molecule has 2 fully saturated rings. The van der Waals surface area contributed by atoms with E-state index in [9.17, 15) is 9.59 Å². The van der Waals surface area contributed by atoms with E-state index < -0.39 is 0 Å². The van der Waals surface area contributed by atoms with Crippen molar-refractivity contribution in [2.24, 2.45) is 0 Å². The molecule has 1 saturated carbocycles. The van der Waals surface area contributed by atoms with E-state index in [2.05, 4.69) is 44.8 Å². The molecule has 3 aromatic rings. The molecular formula is C25H27N5O2. The molecule has 2 heterocycles. The molecular weight excluding hydrogens is 402 g/mol. The molecule has 0 unspecified atom stereocenters. The number of hydrogen-bond donors (Lipinski definition) is 2. The fraction of sp³-hybridized carbons (Fsp3) is 0.320. The second kappa shape index (κ2) is 8.96. The normalized spacial score (nSPS) is 16.7. The zero-order valence-electron chi connectivity index (χ0n) is 18.0. The Morgan fingerprint density at radius 1 is 0.938 bits per heavy atom.